The standard InChI is InChI=1S/C18H28O/c1-13(2)10-16-6-5-9-18(19,12-16)17-8-7-14(3)15(4)11-17/h7-8,11,13,16,19H,5-6,9-10,12H2,1-4H3. The maximum atomic E-state index is 11.0. The van der Waals surface area contributed by atoms with E-state index in [9.17, 15) is 5.11 Å². The van der Waals surface area contributed by atoms with Gasteiger partial charge in [0, 0.05) is 0 Å². The lowest BCUT2D eigenvalue weighted by atomic mass is 9.72. The predicted molar refractivity (Wildman–Crippen MR) is 81.2 cm³/mol. The van der Waals surface area contributed by atoms with Gasteiger partial charge in [0.15, 0.2) is 0 Å². The summed E-state index contributed by atoms with van der Waals surface area (Å²) in [5, 5.41) is 11.0. The predicted octanol–water partition coefficient (Wildman–Crippen LogP) is 4.73. The Balaban J connectivity index is 2.18. The van der Waals surface area contributed by atoms with Crippen LogP contribution in [0.1, 0.15) is 62.6 Å². The first-order valence-corrected chi connectivity index (χ1v) is 7.71. The average molecular weight is 260 g/mol. The van der Waals surface area contributed by atoms with E-state index in [4.69, 9.17) is 0 Å². The van der Waals surface area contributed by atoms with Crippen molar-refractivity contribution in [2.75, 3.05) is 0 Å². The van der Waals surface area contributed by atoms with Crippen molar-refractivity contribution in [3.8, 4) is 0 Å². The summed E-state index contributed by atoms with van der Waals surface area (Å²) >= 11 is 0. The molecule has 0 aromatic heterocycles. The molecule has 1 aliphatic rings. The topological polar surface area (TPSA) is 20.2 Å². The van der Waals surface area contributed by atoms with Crippen LogP contribution in [-0.2, 0) is 5.60 Å². The van der Waals surface area contributed by atoms with E-state index in [1.54, 1.807) is 0 Å². The molecule has 0 saturated heterocycles. The van der Waals surface area contributed by atoms with Gasteiger partial charge >= 0.3 is 0 Å². The fourth-order valence-electron chi connectivity index (χ4n) is 3.53. The molecule has 1 saturated carbocycles. The molecule has 1 nitrogen and oxygen atoms in total. The van der Waals surface area contributed by atoms with Gasteiger partial charge in [-0.15, -0.1) is 0 Å². The average Bonchev–Trinajstić information content (AvgIpc) is 2.31. The van der Waals surface area contributed by atoms with Crippen LogP contribution in [-0.4, -0.2) is 5.11 Å². The SMILES string of the molecule is Cc1ccc(C2(O)CCCC(CC(C)C)C2)cc1C. The molecular weight excluding hydrogens is 232 g/mol. The molecule has 1 aliphatic carbocycles. The van der Waals surface area contributed by atoms with Crippen molar-refractivity contribution in [3.05, 3.63) is 34.9 Å². The molecule has 1 fully saturated rings. The van der Waals surface area contributed by atoms with Gasteiger partial charge in [-0.1, -0.05) is 38.5 Å². The van der Waals surface area contributed by atoms with Crippen LogP contribution < -0.4 is 0 Å². The summed E-state index contributed by atoms with van der Waals surface area (Å²) in [7, 11) is 0. The van der Waals surface area contributed by atoms with Gasteiger partial charge in [0.05, 0.1) is 5.60 Å². The van der Waals surface area contributed by atoms with Crippen molar-refractivity contribution in [3.63, 3.8) is 0 Å². The van der Waals surface area contributed by atoms with E-state index < -0.39 is 5.60 Å². The van der Waals surface area contributed by atoms with Crippen molar-refractivity contribution in [1.82, 2.24) is 0 Å². The summed E-state index contributed by atoms with van der Waals surface area (Å²) in [6.45, 7) is 8.83. The minimum atomic E-state index is -0.587. The first kappa shape index (κ1) is 14.6. The number of hydrogen-bond donors (Lipinski definition) is 1. The first-order valence-electron chi connectivity index (χ1n) is 7.71. The van der Waals surface area contributed by atoms with Gasteiger partial charge < -0.3 is 5.11 Å². The molecular formula is C18H28O. The van der Waals surface area contributed by atoms with E-state index >= 15 is 0 Å². The van der Waals surface area contributed by atoms with Crippen LogP contribution in [0.5, 0.6) is 0 Å². The van der Waals surface area contributed by atoms with Gasteiger partial charge in [0.25, 0.3) is 0 Å². The second-order valence-electron chi connectivity index (χ2n) is 6.92. The molecule has 0 radical (unpaired) electrons. The third-order valence-corrected chi connectivity index (χ3v) is 4.68. The van der Waals surface area contributed by atoms with Crippen LogP contribution in [0.4, 0.5) is 0 Å². The Morgan fingerprint density at radius 3 is 2.63 bits per heavy atom. The highest BCUT2D eigenvalue weighted by molar-refractivity contribution is 5.33. The minimum Gasteiger partial charge on any atom is -0.385 e. The zero-order chi connectivity index (χ0) is 14.0. The van der Waals surface area contributed by atoms with Gasteiger partial charge in [0.2, 0.25) is 0 Å². The molecule has 1 heteroatoms. The van der Waals surface area contributed by atoms with Gasteiger partial charge in [0.1, 0.15) is 0 Å². The van der Waals surface area contributed by atoms with E-state index in [1.807, 2.05) is 0 Å². The Morgan fingerprint density at radius 1 is 1.26 bits per heavy atom. The quantitative estimate of drug-likeness (QED) is 0.833. The van der Waals surface area contributed by atoms with E-state index in [1.165, 1.54) is 24.0 Å². The Bertz CT molecular complexity index is 435. The Morgan fingerprint density at radius 2 is 2.00 bits per heavy atom. The van der Waals surface area contributed by atoms with Gasteiger partial charge in [-0.05, 0) is 68.1 Å². The molecule has 2 rings (SSSR count). The lowest BCUT2D eigenvalue weighted by Crippen LogP contribution is -2.33. The van der Waals surface area contributed by atoms with Gasteiger partial charge in [-0.3, -0.25) is 0 Å². The molecule has 2 unspecified atom stereocenters. The molecule has 19 heavy (non-hydrogen) atoms. The van der Waals surface area contributed by atoms with Crippen molar-refractivity contribution in [2.45, 2.75) is 65.4 Å². The summed E-state index contributed by atoms with van der Waals surface area (Å²) in [5.74, 6) is 1.41. The van der Waals surface area contributed by atoms with Crippen LogP contribution >= 0.6 is 0 Å². The first-order chi connectivity index (χ1) is 8.90. The fourth-order valence-corrected chi connectivity index (χ4v) is 3.53. The molecule has 2 atom stereocenters. The van der Waals surface area contributed by atoms with Gasteiger partial charge in [-0.2, -0.15) is 0 Å². The summed E-state index contributed by atoms with van der Waals surface area (Å²) in [6, 6.07) is 6.46. The van der Waals surface area contributed by atoms with Crippen LogP contribution in [0, 0.1) is 25.7 Å². The van der Waals surface area contributed by atoms with E-state index in [0.717, 1.165) is 30.7 Å². The van der Waals surface area contributed by atoms with E-state index in [2.05, 4.69) is 45.9 Å². The van der Waals surface area contributed by atoms with Crippen molar-refractivity contribution < 1.29 is 5.11 Å². The minimum absolute atomic E-state index is 0.587. The fraction of sp³-hybridized carbons (Fsp3) is 0.667. The Hall–Kier alpha value is -0.820. The number of aryl methyl sites for hydroxylation is 2. The molecule has 106 valence electrons. The Kier molecular flexibility index (Phi) is 4.35. The van der Waals surface area contributed by atoms with Crippen LogP contribution in [0.25, 0.3) is 0 Å². The number of rotatable bonds is 3. The zero-order valence-electron chi connectivity index (χ0n) is 12.9. The van der Waals surface area contributed by atoms with Crippen LogP contribution in [0.15, 0.2) is 18.2 Å². The third-order valence-electron chi connectivity index (χ3n) is 4.68. The number of benzene rings is 1. The van der Waals surface area contributed by atoms with Crippen LogP contribution in [0.3, 0.4) is 0 Å². The molecule has 0 spiro atoms. The maximum absolute atomic E-state index is 11.0. The summed E-state index contributed by atoms with van der Waals surface area (Å²) < 4.78 is 0. The lowest BCUT2D eigenvalue weighted by molar-refractivity contribution is -0.0245. The van der Waals surface area contributed by atoms with Crippen molar-refractivity contribution in [2.24, 2.45) is 11.8 Å². The number of hydrogen-bond acceptors (Lipinski definition) is 1. The highest BCUT2D eigenvalue weighted by Crippen LogP contribution is 2.42. The lowest BCUT2D eigenvalue weighted by Gasteiger charge is -2.38. The van der Waals surface area contributed by atoms with Crippen molar-refractivity contribution in [1.29, 1.82) is 0 Å². The number of aliphatic hydroxyl groups is 1. The molecule has 0 amide bonds. The summed E-state index contributed by atoms with van der Waals surface area (Å²) in [5.41, 5.74) is 3.14. The second kappa shape index (κ2) is 5.66. The smallest absolute Gasteiger partial charge is 0.0899 e. The summed E-state index contributed by atoms with van der Waals surface area (Å²) in [6.07, 6.45) is 5.54. The van der Waals surface area contributed by atoms with Gasteiger partial charge in [-0.25, -0.2) is 0 Å². The van der Waals surface area contributed by atoms with E-state index in [0.29, 0.717) is 5.92 Å². The third kappa shape index (κ3) is 3.39. The molecule has 1 aromatic carbocycles. The molecule has 0 aliphatic heterocycles. The van der Waals surface area contributed by atoms with Crippen LogP contribution in [0.2, 0.25) is 0 Å². The largest absolute Gasteiger partial charge is 0.385 e. The molecule has 0 bridgehead atoms. The second-order valence-corrected chi connectivity index (χ2v) is 6.92. The monoisotopic (exact) mass is 260 g/mol. The summed E-state index contributed by atoms with van der Waals surface area (Å²) in [4.78, 5) is 0. The Labute approximate surface area is 118 Å². The van der Waals surface area contributed by atoms with Crippen molar-refractivity contribution >= 4 is 0 Å². The van der Waals surface area contributed by atoms with E-state index in [-0.39, 0.29) is 0 Å². The molecule has 0 heterocycles. The highest BCUT2D eigenvalue weighted by Gasteiger charge is 2.36. The zero-order valence-corrected chi connectivity index (χ0v) is 12.9. The normalized spacial score (nSPS) is 27.8. The molecule has 1 aromatic rings. The maximum Gasteiger partial charge on any atom is 0.0899 e. The molecule has 1 N–H and O–H groups in total. The highest BCUT2D eigenvalue weighted by atomic mass is 16.3.